The lowest BCUT2D eigenvalue weighted by atomic mass is 10.0. The number of hydrogen-bond donors (Lipinski definition) is 2. The van der Waals surface area contributed by atoms with Gasteiger partial charge in [-0.1, -0.05) is 12.1 Å². The molecular formula is C12H9N5O4. The van der Waals surface area contributed by atoms with Gasteiger partial charge in [-0.2, -0.15) is 10.1 Å². The van der Waals surface area contributed by atoms with E-state index in [-0.39, 0.29) is 17.3 Å². The van der Waals surface area contributed by atoms with E-state index in [0.29, 0.717) is 5.56 Å². The van der Waals surface area contributed by atoms with E-state index in [9.17, 15) is 14.9 Å². The molecule has 2 heterocycles. The first kappa shape index (κ1) is 12.8. The van der Waals surface area contributed by atoms with Crippen molar-refractivity contribution in [3.63, 3.8) is 0 Å². The predicted octanol–water partition coefficient (Wildman–Crippen LogP) is 1.17. The van der Waals surface area contributed by atoms with Crippen LogP contribution in [-0.4, -0.2) is 30.8 Å². The second-order valence-corrected chi connectivity index (χ2v) is 4.30. The maximum atomic E-state index is 11.2. The van der Waals surface area contributed by atoms with Gasteiger partial charge in [0.25, 0.3) is 5.69 Å². The lowest BCUT2D eigenvalue weighted by molar-refractivity contribution is -0.385. The number of nitro benzene ring substituents is 1. The number of allylic oxidation sites excluding steroid dienone is 1. The summed E-state index contributed by atoms with van der Waals surface area (Å²) < 4.78 is 1.40. The molecule has 1 atom stereocenters. The fourth-order valence-corrected chi connectivity index (χ4v) is 2.18. The number of aromatic nitrogens is 3. The van der Waals surface area contributed by atoms with Crippen molar-refractivity contribution < 1.29 is 14.8 Å². The molecular weight excluding hydrogens is 278 g/mol. The smallest absolute Gasteiger partial charge is 0.352 e. The monoisotopic (exact) mass is 287 g/mol. The summed E-state index contributed by atoms with van der Waals surface area (Å²) in [5, 5.41) is 26.9. The molecule has 3 rings (SSSR count). The Balaban J connectivity index is 2.18. The molecule has 0 saturated heterocycles. The number of carbonyl (C=O) groups is 1. The summed E-state index contributed by atoms with van der Waals surface area (Å²) in [5.74, 6) is -0.953. The highest BCUT2D eigenvalue weighted by molar-refractivity contribution is 5.90. The normalized spacial score (nSPS) is 16.6. The molecule has 1 aromatic carbocycles. The van der Waals surface area contributed by atoms with Gasteiger partial charge >= 0.3 is 5.97 Å². The first-order valence-corrected chi connectivity index (χ1v) is 5.93. The van der Waals surface area contributed by atoms with Crippen LogP contribution in [0.2, 0.25) is 0 Å². The molecule has 1 unspecified atom stereocenters. The summed E-state index contributed by atoms with van der Waals surface area (Å²) in [6.45, 7) is 0. The van der Waals surface area contributed by atoms with Crippen molar-refractivity contribution in [1.29, 1.82) is 0 Å². The predicted molar refractivity (Wildman–Crippen MR) is 70.6 cm³/mol. The molecule has 0 saturated carbocycles. The fraction of sp³-hybridized carbons (Fsp3) is 0.0833. The van der Waals surface area contributed by atoms with Gasteiger partial charge < -0.3 is 10.4 Å². The van der Waals surface area contributed by atoms with Crippen LogP contribution in [-0.2, 0) is 4.79 Å². The molecule has 2 aromatic rings. The molecule has 0 bridgehead atoms. The van der Waals surface area contributed by atoms with Gasteiger partial charge in [0.15, 0.2) is 0 Å². The Labute approximate surface area is 117 Å². The van der Waals surface area contributed by atoms with Crippen LogP contribution in [0.15, 0.2) is 42.4 Å². The summed E-state index contributed by atoms with van der Waals surface area (Å²) >= 11 is 0. The van der Waals surface area contributed by atoms with Crippen LogP contribution in [0.5, 0.6) is 0 Å². The highest BCUT2D eigenvalue weighted by Crippen LogP contribution is 2.33. The van der Waals surface area contributed by atoms with Crippen LogP contribution in [0.25, 0.3) is 0 Å². The number of aliphatic carboxylic acids is 1. The van der Waals surface area contributed by atoms with Gasteiger partial charge in [-0.25, -0.2) is 9.48 Å². The van der Waals surface area contributed by atoms with Gasteiger partial charge in [-0.05, 0) is 12.1 Å². The van der Waals surface area contributed by atoms with E-state index < -0.39 is 16.9 Å². The molecule has 9 heteroatoms. The number of hydrogen-bond acceptors (Lipinski definition) is 6. The maximum absolute atomic E-state index is 11.2. The molecule has 9 nitrogen and oxygen atoms in total. The Morgan fingerprint density at radius 3 is 2.90 bits per heavy atom. The number of fused-ring (bicyclic) bond motifs is 1. The van der Waals surface area contributed by atoms with Crippen molar-refractivity contribution in [2.75, 3.05) is 5.32 Å². The van der Waals surface area contributed by atoms with Crippen LogP contribution in [0.4, 0.5) is 11.6 Å². The number of carboxylic acid groups (broad SMARTS) is 1. The summed E-state index contributed by atoms with van der Waals surface area (Å²) in [5.41, 5.74) is 0.139. The summed E-state index contributed by atoms with van der Waals surface area (Å²) in [6, 6.07) is 5.41. The third kappa shape index (κ3) is 2.10. The van der Waals surface area contributed by atoms with Gasteiger partial charge in [-0.15, -0.1) is 0 Å². The molecule has 1 aliphatic rings. The highest BCUT2D eigenvalue weighted by atomic mass is 16.6. The quantitative estimate of drug-likeness (QED) is 0.641. The van der Waals surface area contributed by atoms with Crippen LogP contribution in [0.1, 0.15) is 11.6 Å². The highest BCUT2D eigenvalue weighted by Gasteiger charge is 2.29. The van der Waals surface area contributed by atoms with E-state index in [0.717, 1.165) is 0 Å². The summed E-state index contributed by atoms with van der Waals surface area (Å²) in [4.78, 5) is 25.7. The number of nitrogens with zero attached hydrogens (tertiary/aromatic N) is 4. The van der Waals surface area contributed by atoms with Crippen LogP contribution < -0.4 is 5.32 Å². The minimum absolute atomic E-state index is 0.0985. The van der Waals surface area contributed by atoms with Crippen molar-refractivity contribution >= 4 is 17.6 Å². The molecule has 0 radical (unpaired) electrons. The van der Waals surface area contributed by atoms with Crippen LogP contribution in [0, 0.1) is 10.1 Å². The van der Waals surface area contributed by atoms with E-state index >= 15 is 0 Å². The van der Waals surface area contributed by atoms with E-state index in [1.807, 2.05) is 0 Å². The van der Waals surface area contributed by atoms with Gasteiger partial charge in [0.2, 0.25) is 5.95 Å². The molecule has 106 valence electrons. The van der Waals surface area contributed by atoms with Crippen molar-refractivity contribution in [3.05, 3.63) is 58.0 Å². The number of rotatable bonds is 3. The van der Waals surface area contributed by atoms with Crippen molar-refractivity contribution in [2.24, 2.45) is 0 Å². The number of benzene rings is 1. The van der Waals surface area contributed by atoms with E-state index in [2.05, 4.69) is 15.4 Å². The van der Waals surface area contributed by atoms with E-state index in [4.69, 9.17) is 5.11 Å². The molecule has 0 amide bonds. The zero-order valence-electron chi connectivity index (χ0n) is 10.5. The average molecular weight is 287 g/mol. The van der Waals surface area contributed by atoms with E-state index in [1.165, 1.54) is 23.2 Å². The fourth-order valence-electron chi connectivity index (χ4n) is 2.18. The zero-order valence-corrected chi connectivity index (χ0v) is 10.5. The van der Waals surface area contributed by atoms with Crippen LogP contribution in [0.3, 0.4) is 0 Å². The second-order valence-electron chi connectivity index (χ2n) is 4.30. The minimum Gasteiger partial charge on any atom is -0.477 e. The number of anilines is 1. The molecule has 0 spiro atoms. The molecule has 0 aliphatic carbocycles. The maximum Gasteiger partial charge on any atom is 0.352 e. The molecule has 1 aromatic heterocycles. The Morgan fingerprint density at radius 1 is 1.43 bits per heavy atom. The van der Waals surface area contributed by atoms with Crippen molar-refractivity contribution in [2.45, 2.75) is 6.04 Å². The van der Waals surface area contributed by atoms with Crippen molar-refractivity contribution in [1.82, 2.24) is 14.8 Å². The average Bonchev–Trinajstić information content (AvgIpc) is 2.94. The third-order valence-electron chi connectivity index (χ3n) is 3.09. The van der Waals surface area contributed by atoms with Crippen molar-refractivity contribution in [3.8, 4) is 0 Å². The van der Waals surface area contributed by atoms with Gasteiger partial charge in [-0.3, -0.25) is 10.1 Å². The molecule has 0 fully saturated rings. The zero-order chi connectivity index (χ0) is 15.0. The molecule has 1 aliphatic heterocycles. The standard InChI is InChI=1S/C12H9N5O4/c18-11(19)8-5-10(16-12(15-8)13-6-14-16)7-3-1-2-4-9(7)17(20)21/h1-6,10H,(H,18,19)(H,13,14,15). The van der Waals surface area contributed by atoms with Crippen LogP contribution >= 0.6 is 0 Å². The number of nitro groups is 1. The SMILES string of the molecule is O=C(O)C1=CC(c2ccccc2[N+](=O)[O-])n2ncnc2N1. The Morgan fingerprint density at radius 2 is 2.19 bits per heavy atom. The minimum atomic E-state index is -1.17. The van der Waals surface area contributed by atoms with Gasteiger partial charge in [0.1, 0.15) is 18.1 Å². The number of carboxylic acids is 1. The number of nitrogens with one attached hydrogen (secondary N) is 1. The Bertz CT molecular complexity index is 767. The largest absolute Gasteiger partial charge is 0.477 e. The summed E-state index contributed by atoms with van der Waals surface area (Å²) in [6.07, 6.45) is 2.62. The molecule has 2 N–H and O–H groups in total. The van der Waals surface area contributed by atoms with E-state index in [1.54, 1.807) is 18.2 Å². The first-order valence-electron chi connectivity index (χ1n) is 5.93. The first-order chi connectivity index (χ1) is 10.1. The third-order valence-corrected chi connectivity index (χ3v) is 3.09. The summed E-state index contributed by atoms with van der Waals surface area (Å²) in [7, 11) is 0. The molecule has 21 heavy (non-hydrogen) atoms. The van der Waals surface area contributed by atoms with Gasteiger partial charge in [0.05, 0.1) is 10.5 Å². The second kappa shape index (κ2) is 4.71. The lowest BCUT2D eigenvalue weighted by Crippen LogP contribution is -2.24. The topological polar surface area (TPSA) is 123 Å². The number of para-hydroxylation sites is 1. The Hall–Kier alpha value is -3.23. The Kier molecular flexibility index (Phi) is 2.87. The van der Waals surface area contributed by atoms with Gasteiger partial charge in [0, 0.05) is 6.07 Å². The lowest BCUT2D eigenvalue weighted by Gasteiger charge is -2.22.